The smallest absolute Gasteiger partial charge is 0.253 e. The van der Waals surface area contributed by atoms with Gasteiger partial charge in [-0.1, -0.05) is 0 Å². The number of hydrogen-bond acceptors (Lipinski definition) is 5. The van der Waals surface area contributed by atoms with E-state index in [-0.39, 0.29) is 3.98 Å². The summed E-state index contributed by atoms with van der Waals surface area (Å²) < 4.78 is 38.0. The van der Waals surface area contributed by atoms with E-state index in [0.29, 0.717) is 15.7 Å². The molecule has 0 unspecified atom stereocenters. The van der Waals surface area contributed by atoms with Gasteiger partial charge in [-0.25, -0.2) is 0 Å². The number of rotatable bonds is 0. The van der Waals surface area contributed by atoms with Gasteiger partial charge < -0.3 is 0 Å². The average molecular weight is 287 g/mol. The van der Waals surface area contributed by atoms with Crippen molar-refractivity contribution in [1.29, 1.82) is 0 Å². The molecule has 0 saturated carbocycles. The fraction of sp³-hybridized carbons (Fsp3) is 0.100. The summed E-state index contributed by atoms with van der Waals surface area (Å²) in [7, 11) is 0. The van der Waals surface area contributed by atoms with E-state index in [4.69, 9.17) is 0 Å². The molecule has 18 heavy (non-hydrogen) atoms. The van der Waals surface area contributed by atoms with Gasteiger partial charge in [-0.3, -0.25) is 9.97 Å². The van der Waals surface area contributed by atoms with Crippen LogP contribution in [0.5, 0.6) is 0 Å². The normalized spacial score (nSPS) is 13.6. The molecule has 0 aliphatic carbocycles. The van der Waals surface area contributed by atoms with Gasteiger partial charge in [-0.2, -0.15) is 4.99 Å². The van der Waals surface area contributed by atoms with E-state index in [1.165, 1.54) is 6.20 Å². The van der Waals surface area contributed by atoms with Gasteiger partial charge in [0.25, 0.3) is 0 Å². The van der Waals surface area contributed by atoms with Crippen LogP contribution in [0.3, 0.4) is 0 Å². The third-order valence-corrected chi connectivity index (χ3v) is 4.50. The molecule has 0 atom stereocenters. The van der Waals surface area contributed by atoms with Crippen molar-refractivity contribution in [2.24, 2.45) is 4.99 Å². The van der Waals surface area contributed by atoms with Crippen LogP contribution in [-0.2, 0) is 0 Å². The topological polar surface area (TPSA) is 38.1 Å². The molecule has 3 rings (SSSR count). The number of aromatic nitrogens is 2. The molecule has 2 heterocycles. The van der Waals surface area contributed by atoms with Crippen molar-refractivity contribution in [3.63, 3.8) is 0 Å². The first-order chi connectivity index (χ1) is 8.53. The van der Waals surface area contributed by atoms with Crippen molar-refractivity contribution in [1.82, 2.24) is 9.97 Å². The van der Waals surface area contributed by atoms with E-state index in [9.17, 15) is 13.2 Å². The number of fused-ring (bicyclic) bond motifs is 3. The zero-order chi connectivity index (χ0) is 12.8. The Kier molecular flexibility index (Phi) is 2.56. The van der Waals surface area contributed by atoms with Crippen LogP contribution in [0.25, 0.3) is 20.4 Å². The van der Waals surface area contributed by atoms with Crippen LogP contribution >= 0.6 is 22.7 Å². The highest BCUT2D eigenvalue weighted by atomic mass is 32.2. The first kappa shape index (κ1) is 11.5. The molecule has 1 aromatic carbocycles. The molecule has 0 saturated heterocycles. The number of hydrogen-bond donors (Lipinski definition) is 0. The van der Waals surface area contributed by atoms with Gasteiger partial charge in [-0.15, -0.1) is 35.8 Å². The van der Waals surface area contributed by atoms with E-state index in [1.54, 1.807) is 18.3 Å². The van der Waals surface area contributed by atoms with Gasteiger partial charge in [-0.05, 0) is 12.1 Å². The van der Waals surface area contributed by atoms with Gasteiger partial charge in [0.05, 0.1) is 10.2 Å². The minimum absolute atomic E-state index is 0.0318. The zero-order valence-electron chi connectivity index (χ0n) is 8.60. The lowest BCUT2D eigenvalue weighted by molar-refractivity contribution is -0.122. The van der Waals surface area contributed by atoms with Gasteiger partial charge >= 0.3 is 6.30 Å². The van der Waals surface area contributed by atoms with Crippen molar-refractivity contribution >= 4 is 43.1 Å². The molecular formula is C10H4F3N3S2. The van der Waals surface area contributed by atoms with Crippen LogP contribution in [0.1, 0.15) is 0 Å². The third kappa shape index (κ3) is 2.08. The molecule has 0 N–H and O–H groups in total. The van der Waals surface area contributed by atoms with E-state index in [2.05, 4.69) is 15.0 Å². The fourth-order valence-corrected chi connectivity index (χ4v) is 3.87. The van der Waals surface area contributed by atoms with Crippen LogP contribution in [0.15, 0.2) is 29.5 Å². The molecule has 2 aromatic heterocycles. The maximum absolute atomic E-state index is 12.2. The number of nitrogens with zero attached hydrogens (tertiary/aromatic N) is 3. The number of halogens is 3. The summed E-state index contributed by atoms with van der Waals surface area (Å²) in [5.41, 5.74) is 1.28. The molecule has 8 heteroatoms. The molecular weight excluding hydrogens is 283 g/mol. The second-order valence-electron chi connectivity index (χ2n) is 3.37. The Hall–Kier alpha value is -1.54. The summed E-state index contributed by atoms with van der Waals surface area (Å²) in [4.78, 5) is 11.0. The van der Waals surface area contributed by atoms with E-state index in [0.717, 1.165) is 27.4 Å². The molecule has 0 fully saturated rings. The van der Waals surface area contributed by atoms with E-state index >= 15 is 0 Å². The van der Waals surface area contributed by atoms with Crippen LogP contribution in [0, 0.1) is 0 Å². The minimum atomic E-state index is -4.54. The molecule has 0 spiro atoms. The maximum atomic E-state index is 12.2. The first-order valence-corrected chi connectivity index (χ1v) is 6.42. The zero-order valence-corrected chi connectivity index (χ0v) is 10.2. The van der Waals surface area contributed by atoms with Crippen molar-refractivity contribution in [3.8, 4) is 0 Å². The van der Waals surface area contributed by atoms with Crippen molar-refractivity contribution < 1.29 is 13.2 Å². The average Bonchev–Trinajstić information content (AvgIpc) is 2.69. The Morgan fingerprint density at radius 2 is 1.83 bits per heavy atom. The van der Waals surface area contributed by atoms with Crippen molar-refractivity contribution in [2.45, 2.75) is 6.30 Å². The van der Waals surface area contributed by atoms with Crippen LogP contribution in [0.4, 0.5) is 13.2 Å². The maximum Gasteiger partial charge on any atom is 0.505 e. The Bertz CT molecular complexity index is 788. The summed E-state index contributed by atoms with van der Waals surface area (Å²) in [6.07, 6.45) is -1.47. The summed E-state index contributed by atoms with van der Waals surface area (Å²) in [6.45, 7) is 0. The molecule has 3 aromatic rings. The largest absolute Gasteiger partial charge is 0.505 e. The lowest BCUT2D eigenvalue weighted by Gasteiger charge is -1.94. The molecule has 92 valence electrons. The van der Waals surface area contributed by atoms with Gasteiger partial charge in [0.2, 0.25) is 0 Å². The van der Waals surface area contributed by atoms with Gasteiger partial charge in [0, 0.05) is 17.1 Å². The molecule has 0 aliphatic heterocycles. The summed E-state index contributed by atoms with van der Waals surface area (Å²) >= 11 is 1.99. The van der Waals surface area contributed by atoms with E-state index < -0.39 is 6.30 Å². The highest BCUT2D eigenvalue weighted by Gasteiger charge is 2.26. The molecule has 0 aliphatic rings. The lowest BCUT2D eigenvalue weighted by Crippen LogP contribution is -2.06. The van der Waals surface area contributed by atoms with Crippen LogP contribution in [-0.4, -0.2) is 16.3 Å². The minimum Gasteiger partial charge on any atom is -0.253 e. The van der Waals surface area contributed by atoms with Crippen molar-refractivity contribution in [2.75, 3.05) is 0 Å². The predicted molar refractivity (Wildman–Crippen MR) is 64.4 cm³/mol. The summed E-state index contributed by atoms with van der Waals surface area (Å²) in [5.74, 6) is 0. The second-order valence-corrected chi connectivity index (χ2v) is 5.65. The Balaban J connectivity index is 2.36. The lowest BCUT2D eigenvalue weighted by atomic mass is 10.3. The fourth-order valence-electron chi connectivity index (χ4n) is 1.52. The molecule has 0 bridgehead atoms. The first-order valence-electron chi connectivity index (χ1n) is 4.79. The SMILES string of the molecule is FC(F)(F)N=c1sc2ccc3nccnc3c2s1. The molecule has 3 nitrogen and oxygen atoms in total. The van der Waals surface area contributed by atoms with Gasteiger partial charge in [0.1, 0.15) is 5.52 Å². The summed E-state index contributed by atoms with van der Waals surface area (Å²) in [6, 6.07) is 3.48. The Morgan fingerprint density at radius 3 is 2.61 bits per heavy atom. The van der Waals surface area contributed by atoms with E-state index in [1.807, 2.05) is 0 Å². The van der Waals surface area contributed by atoms with Crippen LogP contribution < -0.4 is 3.98 Å². The highest BCUT2D eigenvalue weighted by molar-refractivity contribution is 7.36. The highest BCUT2D eigenvalue weighted by Crippen LogP contribution is 2.28. The Morgan fingerprint density at radius 1 is 1.06 bits per heavy atom. The molecule has 0 radical (unpaired) electrons. The second kappa shape index (κ2) is 3.99. The van der Waals surface area contributed by atoms with Crippen LogP contribution in [0.2, 0.25) is 0 Å². The molecule has 0 amide bonds. The predicted octanol–water partition coefficient (Wildman–Crippen LogP) is 3.33. The summed E-state index contributed by atoms with van der Waals surface area (Å²) in [5, 5.41) is 0. The number of benzene rings is 1. The quantitative estimate of drug-likeness (QED) is 0.595. The monoisotopic (exact) mass is 287 g/mol. The number of alkyl halides is 3. The Labute approximate surface area is 106 Å². The standard InChI is InChI=1S/C10H4F3N3S2/c11-10(12,13)16-9-17-6-2-1-5-7(8(6)18-9)15-4-3-14-5/h1-4H. The van der Waals surface area contributed by atoms with Gasteiger partial charge in [0.15, 0.2) is 3.98 Å². The third-order valence-electron chi connectivity index (χ3n) is 2.16. The van der Waals surface area contributed by atoms with Crippen molar-refractivity contribution in [3.05, 3.63) is 28.5 Å².